The van der Waals surface area contributed by atoms with E-state index in [0.29, 0.717) is 49.7 Å². The maximum absolute atomic E-state index is 12.6. The molecule has 0 unspecified atom stereocenters. The van der Waals surface area contributed by atoms with Crippen LogP contribution in [0.15, 0.2) is 34.7 Å². The summed E-state index contributed by atoms with van der Waals surface area (Å²) < 4.78 is 15.5. The van der Waals surface area contributed by atoms with E-state index in [2.05, 4.69) is 5.32 Å². The highest BCUT2D eigenvalue weighted by molar-refractivity contribution is 6.04. The maximum atomic E-state index is 12.6. The normalized spacial score (nSPS) is 13.8. The number of furan rings is 1. The molecule has 154 valence electrons. The Morgan fingerprint density at radius 3 is 2.66 bits per heavy atom. The first-order valence-electron chi connectivity index (χ1n) is 9.19. The van der Waals surface area contributed by atoms with Crippen molar-refractivity contribution >= 4 is 29.1 Å². The molecule has 0 saturated carbocycles. The number of hydrogen-bond acceptors (Lipinski definition) is 8. The second-order valence-corrected chi connectivity index (χ2v) is 6.32. The van der Waals surface area contributed by atoms with E-state index in [1.54, 1.807) is 12.1 Å². The second-order valence-electron chi connectivity index (χ2n) is 6.32. The van der Waals surface area contributed by atoms with E-state index < -0.39 is 22.7 Å². The Labute approximate surface area is 166 Å². The van der Waals surface area contributed by atoms with Crippen LogP contribution in [0.1, 0.15) is 34.3 Å². The predicted octanol–water partition coefficient (Wildman–Crippen LogP) is 2.84. The lowest BCUT2D eigenvalue weighted by molar-refractivity contribution is -0.402. The van der Waals surface area contributed by atoms with E-state index >= 15 is 0 Å². The van der Waals surface area contributed by atoms with Crippen molar-refractivity contribution in [1.29, 1.82) is 0 Å². The molecule has 0 atom stereocenters. The summed E-state index contributed by atoms with van der Waals surface area (Å²) in [6.45, 7) is 4.56. The van der Waals surface area contributed by atoms with Crippen LogP contribution in [0.5, 0.6) is 0 Å². The van der Waals surface area contributed by atoms with Crippen LogP contribution < -0.4 is 10.2 Å². The smallest absolute Gasteiger partial charge is 0.433 e. The van der Waals surface area contributed by atoms with Crippen molar-refractivity contribution in [2.75, 3.05) is 43.1 Å². The fourth-order valence-electron chi connectivity index (χ4n) is 2.87. The molecule has 1 aromatic carbocycles. The van der Waals surface area contributed by atoms with Gasteiger partial charge in [0.25, 0.3) is 5.91 Å². The molecule has 29 heavy (non-hydrogen) atoms. The number of nitrogens with one attached hydrogen (secondary N) is 1. The third-order valence-electron chi connectivity index (χ3n) is 4.26. The molecular formula is C19H21N3O7. The van der Waals surface area contributed by atoms with Gasteiger partial charge in [0.05, 0.1) is 37.1 Å². The largest absolute Gasteiger partial charge is 0.462 e. The zero-order chi connectivity index (χ0) is 20.8. The number of carbonyl (C=O) groups excluding carboxylic acids is 2. The first kappa shape index (κ1) is 20.3. The summed E-state index contributed by atoms with van der Waals surface area (Å²) in [6, 6.07) is 7.22. The van der Waals surface area contributed by atoms with Gasteiger partial charge in [-0.1, -0.05) is 6.92 Å². The van der Waals surface area contributed by atoms with Crippen LogP contribution >= 0.6 is 0 Å². The molecule has 0 bridgehead atoms. The highest BCUT2D eigenvalue weighted by Gasteiger charge is 2.22. The van der Waals surface area contributed by atoms with Crippen LogP contribution in [0.4, 0.5) is 17.3 Å². The predicted molar refractivity (Wildman–Crippen MR) is 103 cm³/mol. The van der Waals surface area contributed by atoms with Crippen molar-refractivity contribution in [2.45, 2.75) is 13.3 Å². The summed E-state index contributed by atoms with van der Waals surface area (Å²) in [5, 5.41) is 13.3. The van der Waals surface area contributed by atoms with E-state index in [-0.39, 0.29) is 12.4 Å². The van der Waals surface area contributed by atoms with Gasteiger partial charge in [-0.15, -0.1) is 0 Å². The average Bonchev–Trinajstić information content (AvgIpc) is 3.23. The summed E-state index contributed by atoms with van der Waals surface area (Å²) in [5.74, 6) is -1.88. The number of hydrogen-bond donors (Lipinski definition) is 1. The number of benzene rings is 1. The van der Waals surface area contributed by atoms with Gasteiger partial charge < -0.3 is 24.1 Å². The van der Waals surface area contributed by atoms with Crippen LogP contribution in [0, 0.1) is 10.1 Å². The van der Waals surface area contributed by atoms with Crippen LogP contribution in [0.2, 0.25) is 0 Å². The molecule has 1 N–H and O–H groups in total. The number of morpholine rings is 1. The van der Waals surface area contributed by atoms with Gasteiger partial charge in [0.15, 0.2) is 5.76 Å². The van der Waals surface area contributed by atoms with Gasteiger partial charge in [-0.25, -0.2) is 4.79 Å². The fourth-order valence-corrected chi connectivity index (χ4v) is 2.87. The third-order valence-corrected chi connectivity index (χ3v) is 4.26. The highest BCUT2D eigenvalue weighted by atomic mass is 16.6. The molecule has 1 fully saturated rings. The fraction of sp³-hybridized carbons (Fsp3) is 0.368. The first-order chi connectivity index (χ1) is 14.0. The number of rotatable bonds is 7. The lowest BCUT2D eigenvalue weighted by atomic mass is 10.1. The van der Waals surface area contributed by atoms with Gasteiger partial charge in [0, 0.05) is 18.8 Å². The maximum Gasteiger partial charge on any atom is 0.433 e. The Morgan fingerprint density at radius 2 is 2.00 bits per heavy atom. The van der Waals surface area contributed by atoms with Crippen LogP contribution in [-0.4, -0.2) is 49.7 Å². The standard InChI is InChI=1S/C19H21N3O7/c1-2-9-28-19(24)14-12-13(3-4-15(14)21-7-10-27-11-8-21)20-18(23)16-5-6-17(29-16)22(25)26/h3-6,12H,2,7-11H2,1H3,(H,20,23). The number of carbonyl (C=O) groups is 2. The van der Waals surface area contributed by atoms with E-state index in [1.807, 2.05) is 11.8 Å². The van der Waals surface area contributed by atoms with E-state index in [1.165, 1.54) is 12.1 Å². The van der Waals surface area contributed by atoms with Crippen LogP contribution in [-0.2, 0) is 9.47 Å². The quantitative estimate of drug-likeness (QED) is 0.425. The minimum Gasteiger partial charge on any atom is -0.462 e. The Hall–Kier alpha value is -3.40. The van der Waals surface area contributed by atoms with Gasteiger partial charge >= 0.3 is 11.9 Å². The minimum atomic E-state index is -0.726. The monoisotopic (exact) mass is 403 g/mol. The third kappa shape index (κ3) is 4.91. The van der Waals surface area contributed by atoms with Gasteiger partial charge in [-0.3, -0.25) is 14.9 Å². The summed E-state index contributed by atoms with van der Waals surface area (Å²) in [7, 11) is 0. The summed E-state index contributed by atoms with van der Waals surface area (Å²) in [4.78, 5) is 36.9. The molecule has 0 spiro atoms. The Kier molecular flexibility index (Phi) is 6.45. The van der Waals surface area contributed by atoms with Crippen molar-refractivity contribution < 1.29 is 28.4 Å². The zero-order valence-corrected chi connectivity index (χ0v) is 15.9. The molecule has 2 heterocycles. The Bertz CT molecular complexity index is 903. The molecule has 1 amide bonds. The number of esters is 1. The molecule has 10 nitrogen and oxygen atoms in total. The zero-order valence-electron chi connectivity index (χ0n) is 15.9. The molecule has 3 rings (SSSR count). The topological polar surface area (TPSA) is 124 Å². The van der Waals surface area contributed by atoms with Crippen molar-refractivity contribution in [3.8, 4) is 0 Å². The number of nitrogens with zero attached hydrogens (tertiary/aromatic N) is 2. The van der Waals surface area contributed by atoms with Crippen molar-refractivity contribution in [3.63, 3.8) is 0 Å². The van der Waals surface area contributed by atoms with E-state index in [0.717, 1.165) is 6.07 Å². The lowest BCUT2D eigenvalue weighted by Crippen LogP contribution is -2.37. The molecule has 0 radical (unpaired) electrons. The van der Waals surface area contributed by atoms with E-state index in [9.17, 15) is 19.7 Å². The van der Waals surface area contributed by atoms with Gasteiger partial charge in [0.2, 0.25) is 0 Å². The van der Waals surface area contributed by atoms with Crippen molar-refractivity contribution in [2.24, 2.45) is 0 Å². The first-order valence-corrected chi connectivity index (χ1v) is 9.19. The highest BCUT2D eigenvalue weighted by Crippen LogP contribution is 2.27. The number of anilines is 2. The molecular weight excluding hydrogens is 382 g/mol. The molecule has 2 aromatic rings. The summed E-state index contributed by atoms with van der Waals surface area (Å²) in [6.07, 6.45) is 0.687. The average molecular weight is 403 g/mol. The summed E-state index contributed by atoms with van der Waals surface area (Å²) >= 11 is 0. The Morgan fingerprint density at radius 1 is 1.24 bits per heavy atom. The van der Waals surface area contributed by atoms with E-state index in [4.69, 9.17) is 13.9 Å². The molecule has 1 saturated heterocycles. The van der Waals surface area contributed by atoms with Gasteiger partial charge in [-0.2, -0.15) is 0 Å². The molecule has 1 aromatic heterocycles. The minimum absolute atomic E-state index is 0.205. The lowest BCUT2D eigenvalue weighted by Gasteiger charge is -2.30. The Balaban J connectivity index is 1.83. The van der Waals surface area contributed by atoms with Crippen molar-refractivity contribution in [3.05, 3.63) is 51.8 Å². The molecule has 10 heteroatoms. The van der Waals surface area contributed by atoms with Gasteiger partial charge in [0.1, 0.15) is 4.92 Å². The number of nitro groups is 1. The second kappa shape index (κ2) is 9.20. The molecule has 1 aliphatic rings. The number of ether oxygens (including phenoxy) is 2. The van der Waals surface area contributed by atoms with Crippen LogP contribution in [0.25, 0.3) is 0 Å². The number of amides is 1. The molecule has 1 aliphatic heterocycles. The van der Waals surface area contributed by atoms with Crippen molar-refractivity contribution in [1.82, 2.24) is 0 Å². The molecule has 0 aliphatic carbocycles. The SMILES string of the molecule is CCCOC(=O)c1cc(NC(=O)c2ccc([N+](=O)[O-])o2)ccc1N1CCOCC1. The van der Waals surface area contributed by atoms with Gasteiger partial charge in [-0.05, 0) is 30.7 Å². The summed E-state index contributed by atoms with van der Waals surface area (Å²) in [5.41, 5.74) is 1.36. The van der Waals surface area contributed by atoms with Crippen LogP contribution in [0.3, 0.4) is 0 Å².